The van der Waals surface area contributed by atoms with Crippen molar-refractivity contribution in [1.29, 1.82) is 0 Å². The summed E-state index contributed by atoms with van der Waals surface area (Å²) in [6.45, 7) is 4.06. The number of aryl methyl sites for hydroxylation is 1. The van der Waals surface area contributed by atoms with E-state index in [1.54, 1.807) is 0 Å². The molecule has 5 nitrogen and oxygen atoms in total. The Labute approximate surface area is 124 Å². The molecule has 2 aliphatic heterocycles. The van der Waals surface area contributed by atoms with Gasteiger partial charge in [0, 0.05) is 36.7 Å². The molecule has 0 aromatic carbocycles. The zero-order chi connectivity index (χ0) is 14.6. The molecule has 2 unspecified atom stereocenters. The summed E-state index contributed by atoms with van der Waals surface area (Å²) in [7, 11) is 0. The molecule has 2 bridgehead atoms. The lowest BCUT2D eigenvalue weighted by Gasteiger charge is -2.36. The third-order valence-corrected chi connectivity index (χ3v) is 4.78. The van der Waals surface area contributed by atoms with Crippen molar-refractivity contribution in [3.8, 4) is 0 Å². The summed E-state index contributed by atoms with van der Waals surface area (Å²) in [5.41, 5.74) is 4.36. The maximum absolute atomic E-state index is 12.4. The number of aromatic nitrogens is 3. The third kappa shape index (κ3) is 1.79. The Morgan fingerprint density at radius 2 is 2.29 bits per heavy atom. The van der Waals surface area contributed by atoms with E-state index in [0.29, 0.717) is 18.4 Å². The van der Waals surface area contributed by atoms with Gasteiger partial charge in [-0.3, -0.25) is 4.79 Å². The second-order valence-electron chi connectivity index (χ2n) is 6.22. The fraction of sp³-hybridized carbons (Fsp3) is 0.562. The van der Waals surface area contributed by atoms with Crippen LogP contribution in [0.15, 0.2) is 12.3 Å². The van der Waals surface area contributed by atoms with Gasteiger partial charge in [0.25, 0.3) is 0 Å². The van der Waals surface area contributed by atoms with Gasteiger partial charge in [0.2, 0.25) is 5.91 Å². The standard InChI is InChI=1S/C16H20N4O/c1-3-4-16(21)19-11-5-6-13(19)12-9-17-15-7-10(2)18-20(15)14(12)8-11/h7,9,11,13H,3-6,8H2,1-2H3. The van der Waals surface area contributed by atoms with Gasteiger partial charge >= 0.3 is 0 Å². The molecule has 2 aromatic heterocycles. The molecular formula is C16H20N4O. The number of hydrogen-bond donors (Lipinski definition) is 0. The van der Waals surface area contributed by atoms with Crippen LogP contribution in [0.3, 0.4) is 0 Å². The Morgan fingerprint density at radius 3 is 3.10 bits per heavy atom. The van der Waals surface area contributed by atoms with Crippen molar-refractivity contribution in [2.24, 2.45) is 0 Å². The van der Waals surface area contributed by atoms with Gasteiger partial charge in [-0.25, -0.2) is 9.50 Å². The normalized spacial score (nSPS) is 23.6. The molecule has 2 aliphatic rings. The minimum Gasteiger partial charge on any atom is -0.332 e. The molecule has 0 radical (unpaired) electrons. The molecule has 21 heavy (non-hydrogen) atoms. The predicted molar refractivity (Wildman–Crippen MR) is 78.9 cm³/mol. The average Bonchev–Trinajstić information content (AvgIpc) is 2.98. The molecule has 2 aromatic rings. The summed E-state index contributed by atoms with van der Waals surface area (Å²) >= 11 is 0. The first kappa shape index (κ1) is 12.8. The topological polar surface area (TPSA) is 50.5 Å². The number of hydrogen-bond acceptors (Lipinski definition) is 3. The van der Waals surface area contributed by atoms with Crippen molar-refractivity contribution in [3.63, 3.8) is 0 Å². The van der Waals surface area contributed by atoms with Gasteiger partial charge in [-0.15, -0.1) is 0 Å². The van der Waals surface area contributed by atoms with Crippen LogP contribution in [0.2, 0.25) is 0 Å². The number of amides is 1. The molecule has 110 valence electrons. The number of carbonyl (C=O) groups excluding carboxylic acids is 1. The second-order valence-corrected chi connectivity index (χ2v) is 6.22. The first-order chi connectivity index (χ1) is 10.2. The lowest BCUT2D eigenvalue weighted by atomic mass is 9.98. The van der Waals surface area contributed by atoms with E-state index in [4.69, 9.17) is 0 Å². The smallest absolute Gasteiger partial charge is 0.223 e. The molecule has 0 spiro atoms. The van der Waals surface area contributed by atoms with Gasteiger partial charge in [0.05, 0.1) is 17.4 Å². The van der Waals surface area contributed by atoms with E-state index >= 15 is 0 Å². The van der Waals surface area contributed by atoms with Crippen LogP contribution in [0.1, 0.15) is 55.6 Å². The monoisotopic (exact) mass is 284 g/mol. The largest absolute Gasteiger partial charge is 0.332 e. The fourth-order valence-electron chi connectivity index (χ4n) is 3.92. The van der Waals surface area contributed by atoms with Gasteiger partial charge in [0.1, 0.15) is 0 Å². The Morgan fingerprint density at radius 1 is 1.43 bits per heavy atom. The van der Waals surface area contributed by atoms with Crippen LogP contribution in [0.4, 0.5) is 0 Å². The van der Waals surface area contributed by atoms with Gasteiger partial charge in [-0.05, 0) is 26.2 Å². The maximum atomic E-state index is 12.4. The Balaban J connectivity index is 1.81. The van der Waals surface area contributed by atoms with E-state index in [1.807, 2.05) is 23.7 Å². The molecule has 1 saturated heterocycles. The van der Waals surface area contributed by atoms with Crippen molar-refractivity contribution in [2.45, 2.75) is 58.0 Å². The maximum Gasteiger partial charge on any atom is 0.223 e. The van der Waals surface area contributed by atoms with Crippen molar-refractivity contribution in [2.75, 3.05) is 0 Å². The first-order valence-electron chi connectivity index (χ1n) is 7.84. The van der Waals surface area contributed by atoms with Gasteiger partial charge in [0.15, 0.2) is 5.65 Å². The SMILES string of the molecule is CCCC(=O)N1C2CCC1c1cnc3cc(C)nn3c1C2. The highest BCUT2D eigenvalue weighted by Crippen LogP contribution is 2.43. The van der Waals surface area contributed by atoms with E-state index in [2.05, 4.69) is 21.9 Å². The van der Waals surface area contributed by atoms with Crippen LogP contribution in [-0.2, 0) is 11.2 Å². The highest BCUT2D eigenvalue weighted by Gasteiger charge is 2.43. The highest BCUT2D eigenvalue weighted by atomic mass is 16.2. The number of nitrogens with zero attached hydrogens (tertiary/aromatic N) is 4. The molecule has 4 rings (SSSR count). The van der Waals surface area contributed by atoms with Crippen LogP contribution < -0.4 is 0 Å². The fourth-order valence-corrected chi connectivity index (χ4v) is 3.92. The van der Waals surface area contributed by atoms with Crippen LogP contribution in [0, 0.1) is 6.92 Å². The Hall–Kier alpha value is -1.91. The molecule has 0 aliphatic carbocycles. The summed E-state index contributed by atoms with van der Waals surface area (Å²) in [5.74, 6) is 0.299. The van der Waals surface area contributed by atoms with Crippen molar-refractivity contribution < 1.29 is 4.79 Å². The van der Waals surface area contributed by atoms with Gasteiger partial charge < -0.3 is 4.90 Å². The van der Waals surface area contributed by atoms with E-state index < -0.39 is 0 Å². The second kappa shape index (κ2) is 4.55. The minimum absolute atomic E-state index is 0.208. The van der Waals surface area contributed by atoms with E-state index in [9.17, 15) is 4.79 Å². The zero-order valence-corrected chi connectivity index (χ0v) is 12.5. The summed E-state index contributed by atoms with van der Waals surface area (Å²) in [5, 5.41) is 4.58. The summed E-state index contributed by atoms with van der Waals surface area (Å²) < 4.78 is 1.98. The Bertz CT molecular complexity index is 720. The molecule has 1 fully saturated rings. The average molecular weight is 284 g/mol. The van der Waals surface area contributed by atoms with Crippen LogP contribution >= 0.6 is 0 Å². The molecule has 4 heterocycles. The van der Waals surface area contributed by atoms with Crippen LogP contribution in [0.5, 0.6) is 0 Å². The Kier molecular flexibility index (Phi) is 2.77. The zero-order valence-electron chi connectivity index (χ0n) is 12.5. The molecule has 1 amide bonds. The predicted octanol–water partition coefficient (Wildman–Crippen LogP) is 2.43. The van der Waals surface area contributed by atoms with Gasteiger partial charge in [-0.2, -0.15) is 5.10 Å². The van der Waals surface area contributed by atoms with Crippen LogP contribution in [-0.4, -0.2) is 31.4 Å². The number of carbonyl (C=O) groups is 1. The molecule has 0 saturated carbocycles. The molecule has 0 N–H and O–H groups in total. The first-order valence-corrected chi connectivity index (χ1v) is 7.84. The lowest BCUT2D eigenvalue weighted by Crippen LogP contribution is -2.42. The van der Waals surface area contributed by atoms with E-state index in [-0.39, 0.29) is 6.04 Å². The minimum atomic E-state index is 0.208. The van der Waals surface area contributed by atoms with Crippen molar-refractivity contribution in [1.82, 2.24) is 19.5 Å². The summed E-state index contributed by atoms with van der Waals surface area (Å²) in [4.78, 5) is 19.1. The van der Waals surface area contributed by atoms with Crippen molar-refractivity contribution >= 4 is 11.6 Å². The highest BCUT2D eigenvalue weighted by molar-refractivity contribution is 5.78. The summed E-state index contributed by atoms with van der Waals surface area (Å²) in [6, 6.07) is 2.56. The molecule has 5 heteroatoms. The lowest BCUT2D eigenvalue weighted by molar-refractivity contribution is -0.134. The van der Waals surface area contributed by atoms with E-state index in [1.165, 1.54) is 11.3 Å². The molecule has 2 atom stereocenters. The number of rotatable bonds is 2. The summed E-state index contributed by atoms with van der Waals surface area (Å²) in [6.07, 6.45) is 6.58. The number of fused-ring (bicyclic) bond motifs is 6. The van der Waals surface area contributed by atoms with Crippen molar-refractivity contribution in [3.05, 3.63) is 29.2 Å². The van der Waals surface area contributed by atoms with Gasteiger partial charge in [-0.1, -0.05) is 6.92 Å². The van der Waals surface area contributed by atoms with Crippen LogP contribution in [0.25, 0.3) is 5.65 Å². The molecular weight excluding hydrogens is 264 g/mol. The third-order valence-electron chi connectivity index (χ3n) is 4.78. The quantitative estimate of drug-likeness (QED) is 0.851. The van der Waals surface area contributed by atoms with E-state index in [0.717, 1.165) is 37.0 Å².